The highest BCUT2D eigenvalue weighted by molar-refractivity contribution is 9.10. The monoisotopic (exact) mass is 415 g/mol. The zero-order valence-electron chi connectivity index (χ0n) is 13.6. The number of nitrogens with zero attached hydrogens (tertiary/aromatic N) is 1. The molecule has 0 radical (unpaired) electrons. The summed E-state index contributed by atoms with van der Waals surface area (Å²) in [6, 6.07) is 12.0. The lowest BCUT2D eigenvalue weighted by Gasteiger charge is -2.27. The van der Waals surface area contributed by atoms with Crippen molar-refractivity contribution in [3.05, 3.63) is 75.5 Å². The van der Waals surface area contributed by atoms with E-state index in [0.29, 0.717) is 5.56 Å². The summed E-state index contributed by atoms with van der Waals surface area (Å²) in [6.07, 6.45) is 0. The highest BCUT2D eigenvalue weighted by atomic mass is 79.9. The van der Waals surface area contributed by atoms with E-state index in [1.807, 2.05) is 0 Å². The van der Waals surface area contributed by atoms with Crippen molar-refractivity contribution in [3.63, 3.8) is 0 Å². The van der Waals surface area contributed by atoms with Crippen LogP contribution < -0.4 is 4.90 Å². The molecule has 0 aromatic heterocycles. The lowest BCUT2D eigenvalue weighted by atomic mass is 9.96. The number of aliphatic hydroxyl groups is 1. The smallest absolute Gasteiger partial charge is 0.335 e. The van der Waals surface area contributed by atoms with Gasteiger partial charge in [-0.05, 0) is 42.8 Å². The highest BCUT2D eigenvalue weighted by Crippen LogP contribution is 2.41. The average molecular weight is 416 g/mol. The molecule has 0 saturated carbocycles. The number of benzene rings is 2. The molecule has 2 N–H and O–H groups in total. The van der Waals surface area contributed by atoms with E-state index in [-0.39, 0.29) is 16.8 Å². The molecule has 0 aliphatic carbocycles. The molecule has 0 fully saturated rings. The Bertz CT molecular complexity index is 949. The third-order valence-corrected chi connectivity index (χ3v) is 4.67. The van der Waals surface area contributed by atoms with E-state index in [1.165, 1.54) is 30.0 Å². The fourth-order valence-electron chi connectivity index (χ4n) is 2.98. The summed E-state index contributed by atoms with van der Waals surface area (Å²) in [6.45, 7) is 1.28. The summed E-state index contributed by atoms with van der Waals surface area (Å²) in [5.41, 5.74) is 0.890. The molecule has 0 spiro atoms. The number of carbonyl (C=O) groups is 3. The number of hydrogen-bond donors (Lipinski definition) is 2. The number of carboxylic acid groups (broad SMARTS) is 1. The van der Waals surface area contributed by atoms with Crippen LogP contribution in [0.4, 0.5) is 5.69 Å². The maximum absolute atomic E-state index is 12.7. The molecule has 1 aliphatic rings. The summed E-state index contributed by atoms with van der Waals surface area (Å²) in [7, 11) is 0. The van der Waals surface area contributed by atoms with Crippen LogP contribution in [0.1, 0.15) is 28.9 Å². The van der Waals surface area contributed by atoms with Gasteiger partial charge >= 0.3 is 5.97 Å². The second kappa shape index (κ2) is 6.76. The van der Waals surface area contributed by atoms with Gasteiger partial charge in [0.15, 0.2) is 11.5 Å². The van der Waals surface area contributed by atoms with E-state index in [4.69, 9.17) is 0 Å². The Hall–Kier alpha value is -2.93. The Kier molecular flexibility index (Phi) is 4.65. The third-order valence-electron chi connectivity index (χ3n) is 4.14. The van der Waals surface area contributed by atoms with Crippen molar-refractivity contribution in [1.82, 2.24) is 0 Å². The predicted octanol–water partition coefficient (Wildman–Crippen LogP) is 3.64. The van der Waals surface area contributed by atoms with Crippen LogP contribution in [0.5, 0.6) is 0 Å². The first-order chi connectivity index (χ1) is 12.3. The first-order valence-electron chi connectivity index (χ1n) is 7.67. The number of halogens is 1. The number of aliphatic hydroxyl groups excluding tert-OH is 1. The number of carboxylic acids is 1. The van der Waals surface area contributed by atoms with Gasteiger partial charge in [0.25, 0.3) is 5.91 Å². The van der Waals surface area contributed by atoms with Crippen LogP contribution in [0.2, 0.25) is 0 Å². The molecule has 1 aliphatic heterocycles. The summed E-state index contributed by atoms with van der Waals surface area (Å²) in [4.78, 5) is 37.3. The molecule has 7 heteroatoms. The molecule has 1 atom stereocenters. The van der Waals surface area contributed by atoms with E-state index in [9.17, 15) is 24.6 Å². The molecule has 1 heterocycles. The molecule has 3 rings (SSSR count). The van der Waals surface area contributed by atoms with Gasteiger partial charge in [-0.25, -0.2) is 4.79 Å². The summed E-state index contributed by atoms with van der Waals surface area (Å²) >= 11 is 3.33. The van der Waals surface area contributed by atoms with Crippen LogP contribution in [-0.4, -0.2) is 27.9 Å². The predicted molar refractivity (Wildman–Crippen MR) is 98.1 cm³/mol. The topological polar surface area (TPSA) is 94.9 Å². The van der Waals surface area contributed by atoms with Crippen molar-refractivity contribution in [1.29, 1.82) is 0 Å². The van der Waals surface area contributed by atoms with Crippen molar-refractivity contribution in [2.75, 3.05) is 4.90 Å². The van der Waals surface area contributed by atoms with Crippen molar-refractivity contribution < 1.29 is 24.6 Å². The maximum Gasteiger partial charge on any atom is 0.335 e. The van der Waals surface area contributed by atoms with Crippen LogP contribution in [0, 0.1) is 0 Å². The normalized spacial score (nSPS) is 16.9. The Labute approximate surface area is 157 Å². The second-order valence-electron chi connectivity index (χ2n) is 5.80. The van der Waals surface area contributed by atoms with Gasteiger partial charge in [-0.1, -0.05) is 34.1 Å². The lowest BCUT2D eigenvalue weighted by Crippen LogP contribution is -2.31. The molecule has 0 unspecified atom stereocenters. The van der Waals surface area contributed by atoms with Crippen molar-refractivity contribution >= 4 is 39.3 Å². The molecule has 2 aromatic rings. The summed E-state index contributed by atoms with van der Waals surface area (Å²) in [5, 5.41) is 19.5. The molecule has 0 bridgehead atoms. The SMILES string of the molecule is CC(=O)C1=C(O)C(=O)N(c2cccc(C(=O)O)c2)[C@H]1c1ccc(Br)cc1. The van der Waals surface area contributed by atoms with Gasteiger partial charge in [0, 0.05) is 10.2 Å². The maximum atomic E-state index is 12.7. The first kappa shape index (κ1) is 17.9. The summed E-state index contributed by atoms with van der Waals surface area (Å²) in [5.74, 6) is -2.93. The Morgan fingerprint density at radius 2 is 1.77 bits per heavy atom. The Balaban J connectivity index is 2.18. The first-order valence-corrected chi connectivity index (χ1v) is 8.47. The van der Waals surface area contributed by atoms with Gasteiger partial charge in [-0.15, -0.1) is 0 Å². The van der Waals surface area contributed by atoms with E-state index in [1.54, 1.807) is 30.3 Å². The van der Waals surface area contributed by atoms with E-state index < -0.39 is 29.5 Å². The molecule has 0 saturated heterocycles. The van der Waals surface area contributed by atoms with E-state index in [0.717, 1.165) is 4.47 Å². The number of anilines is 1. The molecular weight excluding hydrogens is 402 g/mol. The van der Waals surface area contributed by atoms with Gasteiger partial charge in [0.2, 0.25) is 0 Å². The quantitative estimate of drug-likeness (QED) is 0.794. The number of carbonyl (C=O) groups excluding carboxylic acids is 2. The Morgan fingerprint density at radius 1 is 1.12 bits per heavy atom. The lowest BCUT2D eigenvalue weighted by molar-refractivity contribution is -0.117. The van der Waals surface area contributed by atoms with Gasteiger partial charge in [0.1, 0.15) is 0 Å². The molecule has 1 amide bonds. The largest absolute Gasteiger partial charge is 0.503 e. The zero-order chi connectivity index (χ0) is 19.0. The van der Waals surface area contributed by atoms with Gasteiger partial charge in [0.05, 0.1) is 17.2 Å². The van der Waals surface area contributed by atoms with Crippen LogP contribution in [0.15, 0.2) is 64.3 Å². The number of hydrogen-bond acceptors (Lipinski definition) is 4. The standard InChI is InChI=1S/C19H14BrNO5/c1-10(22)15-16(11-5-7-13(20)8-6-11)21(18(24)17(15)23)14-4-2-3-12(9-14)19(25)26/h2-9,16,23H,1H3,(H,25,26)/t16-/m0/s1. The molecule has 132 valence electrons. The van der Waals surface area contributed by atoms with Crippen LogP contribution in [0.3, 0.4) is 0 Å². The molecule has 2 aromatic carbocycles. The zero-order valence-corrected chi connectivity index (χ0v) is 15.2. The van der Waals surface area contributed by atoms with Gasteiger partial charge < -0.3 is 10.2 Å². The molecule has 6 nitrogen and oxygen atoms in total. The van der Waals surface area contributed by atoms with Crippen LogP contribution in [-0.2, 0) is 9.59 Å². The van der Waals surface area contributed by atoms with Crippen LogP contribution >= 0.6 is 15.9 Å². The average Bonchev–Trinajstić information content (AvgIpc) is 2.87. The third kappa shape index (κ3) is 3.01. The minimum absolute atomic E-state index is 0.000575. The van der Waals surface area contributed by atoms with E-state index >= 15 is 0 Å². The Morgan fingerprint density at radius 3 is 2.35 bits per heavy atom. The number of rotatable bonds is 4. The second-order valence-corrected chi connectivity index (χ2v) is 6.72. The van der Waals surface area contributed by atoms with Gasteiger partial charge in [-0.2, -0.15) is 0 Å². The minimum atomic E-state index is -1.14. The van der Waals surface area contributed by atoms with Crippen molar-refractivity contribution in [3.8, 4) is 0 Å². The highest BCUT2D eigenvalue weighted by Gasteiger charge is 2.43. The number of ketones is 1. The fraction of sp³-hybridized carbons (Fsp3) is 0.105. The molecular formula is C19H14BrNO5. The van der Waals surface area contributed by atoms with Crippen molar-refractivity contribution in [2.24, 2.45) is 0 Å². The van der Waals surface area contributed by atoms with Crippen molar-refractivity contribution in [2.45, 2.75) is 13.0 Å². The minimum Gasteiger partial charge on any atom is -0.503 e. The van der Waals surface area contributed by atoms with Gasteiger partial charge in [-0.3, -0.25) is 14.5 Å². The number of aromatic carboxylic acids is 1. The number of Topliss-reactive ketones (excluding diaryl/α,β-unsaturated/α-hetero) is 1. The van der Waals surface area contributed by atoms with E-state index in [2.05, 4.69) is 15.9 Å². The molecule has 26 heavy (non-hydrogen) atoms. The van der Waals surface area contributed by atoms with Crippen LogP contribution in [0.25, 0.3) is 0 Å². The summed E-state index contributed by atoms with van der Waals surface area (Å²) < 4.78 is 0.822. The number of amides is 1. The fourth-order valence-corrected chi connectivity index (χ4v) is 3.24.